The first-order chi connectivity index (χ1) is 12.9. The van der Waals surface area contributed by atoms with Gasteiger partial charge >= 0.3 is 29.6 Å². The molecule has 0 unspecified atom stereocenters. The van der Waals surface area contributed by atoms with Crippen molar-refractivity contribution >= 4 is 22.5 Å². The minimum Gasteiger partial charge on any atom is -0.372 e. The fourth-order valence-corrected chi connectivity index (χ4v) is 2.86. The Morgan fingerprint density at radius 3 is 2.68 bits per heavy atom. The molecule has 0 aliphatic carbocycles. The number of alkyl halides is 2. The van der Waals surface area contributed by atoms with Crippen LogP contribution in [0.4, 0.5) is 8.78 Å². The van der Waals surface area contributed by atoms with Crippen molar-refractivity contribution in [3.05, 3.63) is 66.3 Å². The maximum absolute atomic E-state index is 12.1. The molecule has 0 aliphatic rings. The van der Waals surface area contributed by atoms with Crippen LogP contribution in [0.2, 0.25) is 5.02 Å². The number of hydrogen-bond acceptors (Lipinski definition) is 4. The van der Waals surface area contributed by atoms with E-state index < -0.39 is 6.43 Å². The molecule has 0 atom stereocenters. The second kappa shape index (κ2) is 10.1. The molecule has 0 fully saturated rings. The fourth-order valence-electron chi connectivity index (χ4n) is 2.60. The Labute approximate surface area is 189 Å². The molecule has 5 nitrogen and oxygen atoms in total. The van der Waals surface area contributed by atoms with Crippen LogP contribution in [0, 0.1) is 6.92 Å². The number of aromatic nitrogens is 3. The quantitative estimate of drug-likeness (QED) is 0.384. The summed E-state index contributed by atoms with van der Waals surface area (Å²) < 4.78 is 24.3. The van der Waals surface area contributed by atoms with Crippen molar-refractivity contribution in [1.82, 2.24) is 25.6 Å². The summed E-state index contributed by atoms with van der Waals surface area (Å²) in [6.45, 7) is 8.14. The van der Waals surface area contributed by atoms with Gasteiger partial charge < -0.3 is 20.6 Å². The van der Waals surface area contributed by atoms with E-state index in [-0.39, 0.29) is 42.5 Å². The maximum Gasteiger partial charge on any atom is 1.00 e. The van der Waals surface area contributed by atoms with Crippen LogP contribution in [0.15, 0.2) is 43.0 Å². The standard InChI is InChI=1S/C19H19ClF2N5.Na/c1-11-8-26-18(10-24-11)15-7-17-13(6-16(15)20)5-14(27-17)9-25-12(2)23-4-3-19(21)22;/h5-8,10,19,23,25,27H,1-4,9H2;/q-1;+1. The SMILES string of the molecule is C=C(NCCC(F)F)NCc1cc2cc(Cl)c(-c3cnc([CH2-])cn3)cc2[nH]1.[Na+]. The van der Waals surface area contributed by atoms with Gasteiger partial charge in [0.2, 0.25) is 6.43 Å². The van der Waals surface area contributed by atoms with Gasteiger partial charge in [-0.25, -0.2) is 15.7 Å². The van der Waals surface area contributed by atoms with E-state index in [4.69, 9.17) is 11.6 Å². The van der Waals surface area contributed by atoms with E-state index in [1.165, 1.54) is 0 Å². The molecular weight excluding hydrogens is 395 g/mol. The number of nitrogens with one attached hydrogen (secondary N) is 3. The molecule has 0 saturated carbocycles. The molecule has 9 heteroatoms. The van der Waals surface area contributed by atoms with E-state index in [2.05, 4.69) is 39.1 Å². The van der Waals surface area contributed by atoms with Crippen LogP contribution >= 0.6 is 11.6 Å². The van der Waals surface area contributed by atoms with E-state index in [1.807, 2.05) is 18.2 Å². The van der Waals surface area contributed by atoms with Gasteiger partial charge in [-0.3, -0.25) is 4.98 Å². The zero-order valence-corrected chi connectivity index (χ0v) is 18.3. The molecule has 0 amide bonds. The summed E-state index contributed by atoms with van der Waals surface area (Å²) in [7, 11) is 0. The summed E-state index contributed by atoms with van der Waals surface area (Å²) in [6, 6.07) is 5.75. The van der Waals surface area contributed by atoms with E-state index in [0.717, 1.165) is 22.2 Å². The van der Waals surface area contributed by atoms with Crippen molar-refractivity contribution in [2.75, 3.05) is 6.54 Å². The molecular formula is C19H19ClF2N5Na. The first-order valence-corrected chi connectivity index (χ1v) is 8.70. The van der Waals surface area contributed by atoms with Crippen LogP contribution in [0.5, 0.6) is 0 Å². The Morgan fingerprint density at radius 1 is 1.21 bits per heavy atom. The van der Waals surface area contributed by atoms with Gasteiger partial charge in [-0.05, 0) is 18.2 Å². The second-order valence-electron chi connectivity index (χ2n) is 6.05. The van der Waals surface area contributed by atoms with Gasteiger partial charge in [0, 0.05) is 41.3 Å². The van der Waals surface area contributed by atoms with E-state index in [9.17, 15) is 8.78 Å². The summed E-state index contributed by atoms with van der Waals surface area (Å²) in [5.74, 6) is 0.497. The summed E-state index contributed by atoms with van der Waals surface area (Å²) in [4.78, 5) is 11.8. The second-order valence-corrected chi connectivity index (χ2v) is 6.45. The van der Waals surface area contributed by atoms with Crippen molar-refractivity contribution < 1.29 is 38.3 Å². The van der Waals surface area contributed by atoms with Crippen LogP contribution in [0.25, 0.3) is 22.2 Å². The molecule has 0 spiro atoms. The maximum atomic E-state index is 12.1. The predicted octanol–water partition coefficient (Wildman–Crippen LogP) is 1.27. The number of nitrogens with zero attached hydrogens (tertiary/aromatic N) is 2. The van der Waals surface area contributed by atoms with E-state index in [1.54, 1.807) is 12.4 Å². The van der Waals surface area contributed by atoms with Gasteiger partial charge in [0.05, 0.1) is 23.1 Å². The molecule has 0 bridgehead atoms. The monoisotopic (exact) mass is 413 g/mol. The largest absolute Gasteiger partial charge is 1.00 e. The number of H-pyrrole nitrogens is 1. The van der Waals surface area contributed by atoms with Gasteiger partial charge in [0.25, 0.3) is 0 Å². The number of rotatable bonds is 8. The topological polar surface area (TPSA) is 65.6 Å². The first-order valence-electron chi connectivity index (χ1n) is 8.32. The van der Waals surface area contributed by atoms with Crippen molar-refractivity contribution in [3.8, 4) is 11.3 Å². The zero-order chi connectivity index (χ0) is 19.4. The molecule has 2 heterocycles. The van der Waals surface area contributed by atoms with Crippen LogP contribution in [0.3, 0.4) is 0 Å². The van der Waals surface area contributed by atoms with Crippen molar-refractivity contribution in [1.29, 1.82) is 0 Å². The average Bonchev–Trinajstić information content (AvgIpc) is 3.01. The molecule has 28 heavy (non-hydrogen) atoms. The molecule has 0 saturated heterocycles. The van der Waals surface area contributed by atoms with Crippen molar-refractivity contribution in [2.45, 2.75) is 19.4 Å². The smallest absolute Gasteiger partial charge is 0.372 e. The number of hydrogen-bond donors (Lipinski definition) is 3. The third-order valence-electron chi connectivity index (χ3n) is 3.94. The van der Waals surface area contributed by atoms with E-state index >= 15 is 0 Å². The van der Waals surface area contributed by atoms with Crippen LogP contribution in [0.1, 0.15) is 17.8 Å². The predicted molar refractivity (Wildman–Crippen MR) is 103 cm³/mol. The molecule has 0 radical (unpaired) electrons. The first kappa shape index (κ1) is 22.5. The van der Waals surface area contributed by atoms with Crippen molar-refractivity contribution in [3.63, 3.8) is 0 Å². The molecule has 2 aromatic heterocycles. The Hall–Kier alpha value is -1.80. The Balaban J connectivity index is 0.00000280. The minimum absolute atomic E-state index is 0. The number of benzene rings is 1. The third-order valence-corrected chi connectivity index (χ3v) is 4.25. The third kappa shape index (κ3) is 5.85. The van der Waals surface area contributed by atoms with Crippen LogP contribution < -0.4 is 40.2 Å². The normalized spacial score (nSPS) is 10.7. The molecule has 0 aliphatic heterocycles. The number of halogens is 3. The van der Waals surface area contributed by atoms with Crippen LogP contribution in [-0.4, -0.2) is 27.9 Å². The summed E-state index contributed by atoms with van der Waals surface area (Å²) in [5, 5.41) is 7.41. The van der Waals surface area contributed by atoms with Gasteiger partial charge in [0.15, 0.2) is 0 Å². The Bertz CT molecular complexity index is 943. The minimum atomic E-state index is -2.33. The van der Waals surface area contributed by atoms with Gasteiger partial charge in [-0.1, -0.05) is 30.1 Å². The molecule has 1 aromatic carbocycles. The van der Waals surface area contributed by atoms with Gasteiger partial charge in [-0.2, -0.15) is 0 Å². The van der Waals surface area contributed by atoms with E-state index in [0.29, 0.717) is 28.8 Å². The molecule has 3 rings (SSSR count). The summed E-state index contributed by atoms with van der Waals surface area (Å²) in [6.07, 6.45) is 0.682. The summed E-state index contributed by atoms with van der Waals surface area (Å²) >= 11 is 6.40. The molecule has 3 aromatic rings. The number of fused-ring (bicyclic) bond motifs is 1. The van der Waals surface area contributed by atoms with Crippen molar-refractivity contribution in [2.24, 2.45) is 0 Å². The summed E-state index contributed by atoms with van der Waals surface area (Å²) in [5.41, 5.74) is 3.85. The zero-order valence-electron chi connectivity index (χ0n) is 15.5. The molecule has 3 N–H and O–H groups in total. The fraction of sp³-hybridized carbons (Fsp3) is 0.211. The van der Waals surface area contributed by atoms with Gasteiger partial charge in [-0.15, -0.1) is 0 Å². The molecule has 142 valence electrons. The van der Waals surface area contributed by atoms with Gasteiger partial charge in [0.1, 0.15) is 0 Å². The Morgan fingerprint density at radius 2 is 2.00 bits per heavy atom. The Kier molecular flexibility index (Phi) is 8.12. The number of aromatic amines is 1. The van der Waals surface area contributed by atoms with Crippen LogP contribution in [-0.2, 0) is 6.54 Å². The average molecular weight is 414 g/mol.